The van der Waals surface area contributed by atoms with Gasteiger partial charge in [-0.05, 0) is 24.0 Å². The Labute approximate surface area is 246 Å². The Hall–Kier alpha value is -2.34. The van der Waals surface area contributed by atoms with Gasteiger partial charge in [-0.3, -0.25) is 9.80 Å². The maximum Gasteiger partial charge on any atom is 0.137 e. The Balaban J connectivity index is 0.00000169. The molecule has 1 N–H and O–H groups in total. The number of aromatic amines is 1. The van der Waals surface area contributed by atoms with Crippen molar-refractivity contribution in [1.29, 1.82) is 0 Å². The first-order chi connectivity index (χ1) is 17.1. The van der Waals surface area contributed by atoms with Crippen LogP contribution in [0.2, 0.25) is 0 Å². The fourth-order valence-corrected chi connectivity index (χ4v) is 5.56. The molecular weight excluding hydrogens is 535 g/mol. The SMILES string of the molecule is Cc1[nH]c(-c2ccccc2)nc1C(C(C)C)N1CCN(C(c2ccccc2)c2ccccc2)CC1.Cl.Cl.Cl. The minimum atomic E-state index is 0. The van der Waals surface area contributed by atoms with E-state index in [9.17, 15) is 0 Å². The summed E-state index contributed by atoms with van der Waals surface area (Å²) in [6, 6.07) is 32.9. The molecule has 1 saturated heterocycles. The summed E-state index contributed by atoms with van der Waals surface area (Å²) in [7, 11) is 0. The van der Waals surface area contributed by atoms with Gasteiger partial charge in [0.05, 0.1) is 17.8 Å². The van der Waals surface area contributed by atoms with E-state index in [1.54, 1.807) is 0 Å². The molecule has 204 valence electrons. The average molecular weight is 574 g/mol. The Kier molecular flexibility index (Phi) is 12.3. The van der Waals surface area contributed by atoms with Crippen LogP contribution in [0.3, 0.4) is 0 Å². The second-order valence-corrected chi connectivity index (χ2v) is 9.95. The van der Waals surface area contributed by atoms with Crippen molar-refractivity contribution in [3.8, 4) is 11.4 Å². The number of piperazine rings is 1. The largest absolute Gasteiger partial charge is 0.342 e. The first-order valence-electron chi connectivity index (χ1n) is 12.8. The third-order valence-corrected chi connectivity index (χ3v) is 7.22. The average Bonchev–Trinajstić information content (AvgIpc) is 3.28. The van der Waals surface area contributed by atoms with Gasteiger partial charge in [0.1, 0.15) is 5.82 Å². The normalized spacial score (nSPS) is 14.9. The van der Waals surface area contributed by atoms with Crippen molar-refractivity contribution in [2.24, 2.45) is 5.92 Å². The number of nitrogens with zero attached hydrogens (tertiary/aromatic N) is 3. The van der Waals surface area contributed by atoms with Crippen LogP contribution in [0.15, 0.2) is 91.0 Å². The van der Waals surface area contributed by atoms with Gasteiger partial charge in [0, 0.05) is 37.4 Å². The van der Waals surface area contributed by atoms with Gasteiger partial charge in [-0.25, -0.2) is 4.98 Å². The van der Waals surface area contributed by atoms with Crippen molar-refractivity contribution in [2.45, 2.75) is 32.9 Å². The number of H-pyrrole nitrogens is 1. The van der Waals surface area contributed by atoms with E-state index < -0.39 is 0 Å². The molecule has 4 aromatic rings. The molecule has 3 aromatic carbocycles. The number of halogens is 3. The Morgan fingerprint density at radius 3 is 1.58 bits per heavy atom. The van der Waals surface area contributed by atoms with Crippen LogP contribution < -0.4 is 0 Å². The third-order valence-electron chi connectivity index (χ3n) is 7.22. The van der Waals surface area contributed by atoms with Crippen LogP contribution in [0.5, 0.6) is 0 Å². The topological polar surface area (TPSA) is 35.2 Å². The first-order valence-corrected chi connectivity index (χ1v) is 12.8. The van der Waals surface area contributed by atoms with Crippen LogP contribution in [-0.2, 0) is 0 Å². The van der Waals surface area contributed by atoms with Gasteiger partial charge >= 0.3 is 0 Å². The molecule has 7 heteroatoms. The van der Waals surface area contributed by atoms with E-state index in [0.717, 1.165) is 37.6 Å². The molecule has 1 aromatic heterocycles. The van der Waals surface area contributed by atoms with Crippen LogP contribution in [0.25, 0.3) is 11.4 Å². The van der Waals surface area contributed by atoms with Crippen LogP contribution in [0.1, 0.15) is 48.4 Å². The zero-order valence-corrected chi connectivity index (χ0v) is 24.7. The van der Waals surface area contributed by atoms with Gasteiger partial charge in [-0.1, -0.05) is 105 Å². The highest BCUT2D eigenvalue weighted by Gasteiger charge is 2.33. The molecule has 1 atom stereocenters. The first kappa shape index (κ1) is 31.9. The molecule has 0 aliphatic carbocycles. The van der Waals surface area contributed by atoms with E-state index in [4.69, 9.17) is 4.98 Å². The van der Waals surface area contributed by atoms with E-state index >= 15 is 0 Å². The third kappa shape index (κ3) is 6.99. The van der Waals surface area contributed by atoms with Crippen molar-refractivity contribution in [3.63, 3.8) is 0 Å². The van der Waals surface area contributed by atoms with Crippen molar-refractivity contribution >= 4 is 37.2 Å². The van der Waals surface area contributed by atoms with E-state index in [1.807, 2.05) is 0 Å². The molecule has 4 nitrogen and oxygen atoms in total. The van der Waals surface area contributed by atoms with Crippen molar-refractivity contribution in [2.75, 3.05) is 26.2 Å². The molecule has 0 amide bonds. The Morgan fingerprint density at radius 1 is 0.658 bits per heavy atom. The lowest BCUT2D eigenvalue weighted by atomic mass is 9.94. The minimum absolute atomic E-state index is 0. The number of hydrogen-bond acceptors (Lipinski definition) is 3. The summed E-state index contributed by atoms with van der Waals surface area (Å²) in [4.78, 5) is 14.0. The van der Waals surface area contributed by atoms with Crippen LogP contribution in [0, 0.1) is 12.8 Å². The zero-order valence-electron chi connectivity index (χ0n) is 22.3. The van der Waals surface area contributed by atoms with Crippen LogP contribution >= 0.6 is 37.2 Å². The summed E-state index contributed by atoms with van der Waals surface area (Å²) in [6.45, 7) is 11.0. The summed E-state index contributed by atoms with van der Waals surface area (Å²) in [5, 5.41) is 0. The van der Waals surface area contributed by atoms with E-state index in [0.29, 0.717) is 12.0 Å². The second kappa shape index (κ2) is 14.7. The number of nitrogens with one attached hydrogen (secondary N) is 1. The molecule has 38 heavy (non-hydrogen) atoms. The fourth-order valence-electron chi connectivity index (χ4n) is 5.56. The summed E-state index contributed by atoms with van der Waals surface area (Å²) >= 11 is 0. The van der Waals surface area contributed by atoms with Gasteiger partial charge in [-0.15, -0.1) is 37.2 Å². The maximum atomic E-state index is 5.12. The van der Waals surface area contributed by atoms with Crippen molar-refractivity contribution < 1.29 is 0 Å². The van der Waals surface area contributed by atoms with E-state index in [1.165, 1.54) is 22.5 Å². The number of benzene rings is 3. The van der Waals surface area contributed by atoms with Gasteiger partial charge in [0.25, 0.3) is 0 Å². The van der Waals surface area contributed by atoms with Crippen LogP contribution in [0.4, 0.5) is 0 Å². The highest BCUT2D eigenvalue weighted by molar-refractivity contribution is 5.86. The van der Waals surface area contributed by atoms with Gasteiger partial charge in [0.2, 0.25) is 0 Å². The number of hydrogen-bond donors (Lipinski definition) is 1. The van der Waals surface area contributed by atoms with Gasteiger partial charge < -0.3 is 4.98 Å². The van der Waals surface area contributed by atoms with E-state index in [2.05, 4.69) is 127 Å². The molecule has 1 aliphatic rings. The number of aryl methyl sites for hydroxylation is 1. The lowest BCUT2D eigenvalue weighted by Crippen LogP contribution is -2.50. The molecule has 5 rings (SSSR count). The van der Waals surface area contributed by atoms with Gasteiger partial charge in [0.15, 0.2) is 0 Å². The molecule has 1 aliphatic heterocycles. The highest BCUT2D eigenvalue weighted by Crippen LogP contribution is 2.35. The molecule has 1 fully saturated rings. The smallest absolute Gasteiger partial charge is 0.137 e. The number of aromatic nitrogens is 2. The quantitative estimate of drug-likeness (QED) is 0.245. The lowest BCUT2D eigenvalue weighted by molar-refractivity contribution is 0.0599. The molecule has 1 unspecified atom stereocenters. The van der Waals surface area contributed by atoms with Crippen LogP contribution in [-0.4, -0.2) is 45.9 Å². The number of rotatable bonds is 7. The lowest BCUT2D eigenvalue weighted by Gasteiger charge is -2.43. The number of imidazole rings is 1. The fraction of sp³-hybridized carbons (Fsp3) is 0.323. The summed E-state index contributed by atoms with van der Waals surface area (Å²) in [6.07, 6.45) is 0. The molecule has 0 radical (unpaired) electrons. The van der Waals surface area contributed by atoms with E-state index in [-0.39, 0.29) is 43.3 Å². The molecule has 0 saturated carbocycles. The standard InChI is InChI=1S/C31H36N4.3ClH/c1-23(2)29(28-24(3)32-31(33-28)27-17-11-6-12-18-27)34-19-21-35(22-20-34)30(25-13-7-4-8-14-25)26-15-9-5-10-16-26;;;/h4-18,23,29-30H,19-22H2,1-3H3,(H,32,33);3*1H. The highest BCUT2D eigenvalue weighted by atomic mass is 35.5. The minimum Gasteiger partial charge on any atom is -0.342 e. The summed E-state index contributed by atoms with van der Waals surface area (Å²) in [5.41, 5.74) is 6.24. The Bertz CT molecular complexity index is 1170. The maximum absolute atomic E-state index is 5.12. The molecule has 2 heterocycles. The monoisotopic (exact) mass is 572 g/mol. The van der Waals surface area contributed by atoms with Crippen molar-refractivity contribution in [3.05, 3.63) is 114 Å². The second-order valence-electron chi connectivity index (χ2n) is 9.95. The van der Waals surface area contributed by atoms with Crippen molar-refractivity contribution in [1.82, 2.24) is 19.8 Å². The molecule has 0 spiro atoms. The zero-order chi connectivity index (χ0) is 24.2. The predicted octanol–water partition coefficient (Wildman–Crippen LogP) is 7.75. The predicted molar refractivity (Wildman–Crippen MR) is 166 cm³/mol. The Morgan fingerprint density at radius 2 is 1.11 bits per heavy atom. The molecule has 0 bridgehead atoms. The molecular formula is C31H39Cl3N4. The summed E-state index contributed by atoms with van der Waals surface area (Å²) < 4.78 is 0. The summed E-state index contributed by atoms with van der Waals surface area (Å²) in [5.74, 6) is 1.45. The van der Waals surface area contributed by atoms with Gasteiger partial charge in [-0.2, -0.15) is 0 Å².